The van der Waals surface area contributed by atoms with Crippen molar-refractivity contribution in [2.24, 2.45) is 0 Å². The van der Waals surface area contributed by atoms with Crippen LogP contribution in [0.5, 0.6) is 0 Å². The summed E-state index contributed by atoms with van der Waals surface area (Å²) >= 11 is 0. The largest absolute Gasteiger partial charge is 0.462 e. The zero-order valence-electron chi connectivity index (χ0n) is 41.0. The molecule has 0 heterocycles. The number of unbranched alkanes of at least 4 members (excludes halogenated alkanes) is 14. The zero-order chi connectivity index (χ0) is 46.5. The molecule has 0 aliphatic heterocycles. The third-order valence-electron chi connectivity index (χ3n) is 10.2. The first-order chi connectivity index (χ1) is 31.5. The van der Waals surface area contributed by atoms with E-state index in [9.17, 15) is 14.4 Å². The fraction of sp³-hybridized carbons (Fsp3) is 0.603. The summed E-state index contributed by atoms with van der Waals surface area (Å²) in [7, 11) is 0. The number of hydrogen-bond donors (Lipinski definition) is 0. The van der Waals surface area contributed by atoms with Crippen LogP contribution in [0.1, 0.15) is 207 Å². The summed E-state index contributed by atoms with van der Waals surface area (Å²) in [5.41, 5.74) is 0. The maximum atomic E-state index is 12.7. The van der Waals surface area contributed by atoms with Crippen LogP contribution in [0.2, 0.25) is 0 Å². The van der Waals surface area contributed by atoms with Crippen molar-refractivity contribution in [2.45, 2.75) is 213 Å². The molecule has 0 aliphatic rings. The zero-order valence-corrected chi connectivity index (χ0v) is 41.0. The van der Waals surface area contributed by atoms with Gasteiger partial charge in [0.2, 0.25) is 0 Å². The molecule has 0 aromatic carbocycles. The Hall–Kier alpha value is -4.19. The van der Waals surface area contributed by atoms with Crippen LogP contribution in [0, 0.1) is 0 Å². The first-order valence-electron chi connectivity index (χ1n) is 25.5. The van der Waals surface area contributed by atoms with Crippen molar-refractivity contribution >= 4 is 17.9 Å². The monoisotopic (exact) mass is 885 g/mol. The van der Waals surface area contributed by atoms with Crippen LogP contribution in [0.25, 0.3) is 0 Å². The van der Waals surface area contributed by atoms with Gasteiger partial charge in [-0.1, -0.05) is 200 Å². The van der Waals surface area contributed by atoms with E-state index in [1.807, 2.05) is 6.08 Å². The standard InChI is InChI=1S/C58H92O6/c1-4-7-10-13-16-19-22-25-27-28-29-30-32-33-36-39-42-45-48-51-57(60)63-54-55(53-62-56(59)50-47-44-41-38-35-24-21-18-15-12-9-6-3)64-58(61)52-49-46-43-40-37-34-31-26-23-20-17-14-11-8-5-2/h7-8,10-11,16-21,25-27,29-31,37,40,46,49,55H,4-6,9,12-15,22-24,28,32-36,38-39,41-45,47-48,50-54H2,1-3H3/b10-7-,11-8-,19-16-,20-17-,21-18-,27-25-,30-29-,31-26-,40-37-,49-46-. The molecule has 0 amide bonds. The molecule has 0 N–H and O–H groups in total. The van der Waals surface area contributed by atoms with Crippen LogP contribution in [0.15, 0.2) is 122 Å². The highest BCUT2D eigenvalue weighted by atomic mass is 16.6. The van der Waals surface area contributed by atoms with E-state index in [1.54, 1.807) is 6.08 Å². The van der Waals surface area contributed by atoms with E-state index in [1.165, 1.54) is 44.9 Å². The summed E-state index contributed by atoms with van der Waals surface area (Å²) in [6.45, 7) is 6.26. The average Bonchev–Trinajstić information content (AvgIpc) is 3.29. The number of carbonyl (C=O) groups excluding carboxylic acids is 3. The van der Waals surface area contributed by atoms with Crippen LogP contribution in [-0.4, -0.2) is 37.2 Å². The van der Waals surface area contributed by atoms with Crippen LogP contribution in [0.3, 0.4) is 0 Å². The highest BCUT2D eigenvalue weighted by molar-refractivity contribution is 5.72. The van der Waals surface area contributed by atoms with E-state index in [0.717, 1.165) is 116 Å². The maximum absolute atomic E-state index is 12.7. The molecule has 1 atom stereocenters. The summed E-state index contributed by atoms with van der Waals surface area (Å²) in [6, 6.07) is 0. The van der Waals surface area contributed by atoms with Gasteiger partial charge in [-0.25, -0.2) is 0 Å². The van der Waals surface area contributed by atoms with E-state index in [4.69, 9.17) is 14.2 Å². The van der Waals surface area contributed by atoms with Crippen molar-refractivity contribution in [3.63, 3.8) is 0 Å². The molecule has 0 rings (SSSR count). The molecule has 0 spiro atoms. The molecule has 0 aromatic heterocycles. The van der Waals surface area contributed by atoms with Crippen molar-refractivity contribution in [1.82, 2.24) is 0 Å². The Kier molecular flexibility index (Phi) is 48.1. The molecule has 0 aromatic rings. The second kappa shape index (κ2) is 51.4. The lowest BCUT2D eigenvalue weighted by Gasteiger charge is -2.18. The molecular formula is C58H92O6. The van der Waals surface area contributed by atoms with Gasteiger partial charge in [0.25, 0.3) is 0 Å². The van der Waals surface area contributed by atoms with Crippen LogP contribution < -0.4 is 0 Å². The van der Waals surface area contributed by atoms with E-state index in [2.05, 4.69) is 130 Å². The van der Waals surface area contributed by atoms with E-state index in [0.29, 0.717) is 19.3 Å². The molecule has 0 aliphatic carbocycles. The second-order valence-corrected chi connectivity index (χ2v) is 16.3. The molecule has 6 heteroatoms. The first-order valence-corrected chi connectivity index (χ1v) is 25.5. The van der Waals surface area contributed by atoms with Gasteiger partial charge in [0.05, 0.1) is 6.42 Å². The number of esters is 3. The summed E-state index contributed by atoms with van der Waals surface area (Å²) in [6.07, 6.45) is 70.6. The second-order valence-electron chi connectivity index (χ2n) is 16.3. The predicted octanol–water partition coefficient (Wildman–Crippen LogP) is 16.9. The topological polar surface area (TPSA) is 78.9 Å². The molecule has 0 radical (unpaired) electrons. The minimum absolute atomic E-state index is 0.0873. The Bertz CT molecular complexity index is 1390. The quantitative estimate of drug-likeness (QED) is 0.0262. The SMILES string of the molecule is CC/C=C\C/C=C\C/C=C\C/C=C\C/C=C\CC(=O)OC(COC(=O)CCCCCCC/C=C\CCCCC)COC(=O)CCCCCCCC/C=C\C/C=C\C/C=C\C/C=C\CC. The lowest BCUT2D eigenvalue weighted by molar-refractivity contribution is -0.166. The van der Waals surface area contributed by atoms with Crippen molar-refractivity contribution < 1.29 is 28.6 Å². The molecule has 6 nitrogen and oxygen atoms in total. The summed E-state index contributed by atoms with van der Waals surface area (Å²) < 4.78 is 16.7. The van der Waals surface area contributed by atoms with E-state index in [-0.39, 0.29) is 31.6 Å². The van der Waals surface area contributed by atoms with Crippen molar-refractivity contribution in [3.8, 4) is 0 Å². The van der Waals surface area contributed by atoms with Gasteiger partial charge in [-0.05, 0) is 109 Å². The van der Waals surface area contributed by atoms with E-state index >= 15 is 0 Å². The number of ether oxygens (including phenoxy) is 3. The minimum Gasteiger partial charge on any atom is -0.462 e. The smallest absolute Gasteiger partial charge is 0.310 e. The summed E-state index contributed by atoms with van der Waals surface area (Å²) in [4.78, 5) is 37.9. The number of carbonyl (C=O) groups is 3. The number of hydrogen-bond acceptors (Lipinski definition) is 6. The van der Waals surface area contributed by atoms with E-state index < -0.39 is 12.1 Å². The third-order valence-corrected chi connectivity index (χ3v) is 10.2. The number of allylic oxidation sites excluding steroid dienone is 19. The Morgan fingerprint density at radius 1 is 0.344 bits per heavy atom. The Morgan fingerprint density at radius 3 is 1.05 bits per heavy atom. The molecule has 1 unspecified atom stereocenters. The van der Waals surface area contributed by atoms with Gasteiger partial charge in [-0.2, -0.15) is 0 Å². The van der Waals surface area contributed by atoms with Gasteiger partial charge >= 0.3 is 17.9 Å². The molecule has 0 saturated heterocycles. The lowest BCUT2D eigenvalue weighted by atomic mass is 10.1. The van der Waals surface area contributed by atoms with Crippen LogP contribution in [0.4, 0.5) is 0 Å². The summed E-state index contributed by atoms with van der Waals surface area (Å²) in [5, 5.41) is 0. The fourth-order valence-electron chi connectivity index (χ4n) is 6.44. The van der Waals surface area contributed by atoms with Gasteiger partial charge in [-0.3, -0.25) is 14.4 Å². The Labute approximate surface area is 392 Å². The predicted molar refractivity (Wildman–Crippen MR) is 274 cm³/mol. The Balaban J connectivity index is 4.54. The van der Waals surface area contributed by atoms with Crippen molar-refractivity contribution in [3.05, 3.63) is 122 Å². The molecule has 0 fully saturated rings. The summed E-state index contributed by atoms with van der Waals surface area (Å²) in [5.74, 6) is -1.09. The highest BCUT2D eigenvalue weighted by Crippen LogP contribution is 2.12. The van der Waals surface area contributed by atoms with Gasteiger partial charge in [0.15, 0.2) is 6.10 Å². The number of rotatable bonds is 44. The van der Waals surface area contributed by atoms with Gasteiger partial charge < -0.3 is 14.2 Å². The molecule has 360 valence electrons. The molecule has 64 heavy (non-hydrogen) atoms. The highest BCUT2D eigenvalue weighted by Gasteiger charge is 2.19. The maximum Gasteiger partial charge on any atom is 0.310 e. The molecule has 0 bridgehead atoms. The van der Waals surface area contributed by atoms with Crippen LogP contribution in [-0.2, 0) is 28.6 Å². The Morgan fingerprint density at radius 2 is 0.656 bits per heavy atom. The van der Waals surface area contributed by atoms with Gasteiger partial charge in [-0.15, -0.1) is 0 Å². The van der Waals surface area contributed by atoms with Gasteiger partial charge in [0.1, 0.15) is 13.2 Å². The fourth-order valence-corrected chi connectivity index (χ4v) is 6.44. The van der Waals surface area contributed by atoms with Gasteiger partial charge in [0, 0.05) is 12.8 Å². The van der Waals surface area contributed by atoms with Crippen molar-refractivity contribution in [2.75, 3.05) is 13.2 Å². The van der Waals surface area contributed by atoms with Crippen molar-refractivity contribution in [1.29, 1.82) is 0 Å². The lowest BCUT2D eigenvalue weighted by Crippen LogP contribution is -2.30. The molecule has 0 saturated carbocycles. The van der Waals surface area contributed by atoms with Crippen LogP contribution >= 0.6 is 0 Å². The average molecular weight is 885 g/mol. The third kappa shape index (κ3) is 48.8. The molecular weight excluding hydrogens is 793 g/mol. The first kappa shape index (κ1) is 59.8. The normalized spacial score (nSPS) is 13.1. The minimum atomic E-state index is -0.844.